The summed E-state index contributed by atoms with van der Waals surface area (Å²) >= 11 is 9.09. The normalized spacial score (nSPS) is 12.9. The van der Waals surface area contributed by atoms with Crippen LogP contribution in [-0.2, 0) is 4.79 Å². The number of nitrogens with one attached hydrogen (secondary N) is 1. The first-order valence-corrected chi connectivity index (χ1v) is 6.78. The van der Waals surface area contributed by atoms with E-state index < -0.39 is 23.3 Å². The molecular formula is C13H15BrClNO3. The van der Waals surface area contributed by atoms with Gasteiger partial charge in [0, 0.05) is 15.1 Å². The zero-order chi connectivity index (χ0) is 14.8. The van der Waals surface area contributed by atoms with Gasteiger partial charge in [0.2, 0.25) is 0 Å². The standard InChI is InChI=1S/C13H15BrClNO3/c1-13(2,3)10(12(18)19)16-11(17)7-4-8(14)6-9(15)5-7/h4-6,10H,1-3H3,(H,16,17)(H,18,19)/t10-/m1/s1. The van der Waals surface area contributed by atoms with Crippen molar-refractivity contribution in [2.75, 3.05) is 0 Å². The van der Waals surface area contributed by atoms with Crippen LogP contribution < -0.4 is 5.32 Å². The lowest BCUT2D eigenvalue weighted by atomic mass is 9.86. The Hall–Kier alpha value is -1.07. The highest BCUT2D eigenvalue weighted by atomic mass is 79.9. The number of amides is 1. The maximum atomic E-state index is 12.1. The molecule has 0 unspecified atom stereocenters. The Morgan fingerprint density at radius 3 is 2.32 bits per heavy atom. The number of carbonyl (C=O) groups is 2. The molecule has 0 fully saturated rings. The summed E-state index contributed by atoms with van der Waals surface area (Å²) in [7, 11) is 0. The molecule has 0 aromatic heterocycles. The monoisotopic (exact) mass is 347 g/mol. The fourth-order valence-electron chi connectivity index (χ4n) is 1.55. The van der Waals surface area contributed by atoms with Crippen molar-refractivity contribution < 1.29 is 14.7 Å². The number of hydrogen-bond donors (Lipinski definition) is 2. The van der Waals surface area contributed by atoms with Gasteiger partial charge in [-0.2, -0.15) is 0 Å². The molecule has 0 spiro atoms. The molecule has 1 rings (SSSR count). The second kappa shape index (κ2) is 5.92. The van der Waals surface area contributed by atoms with Gasteiger partial charge in [0.25, 0.3) is 5.91 Å². The average Bonchev–Trinajstić information content (AvgIpc) is 2.21. The van der Waals surface area contributed by atoms with Crippen LogP contribution in [0.5, 0.6) is 0 Å². The Kier molecular flexibility index (Phi) is 4.98. The van der Waals surface area contributed by atoms with Crippen LogP contribution in [-0.4, -0.2) is 23.0 Å². The molecule has 6 heteroatoms. The van der Waals surface area contributed by atoms with Gasteiger partial charge in [0.05, 0.1) is 0 Å². The van der Waals surface area contributed by atoms with Crippen molar-refractivity contribution in [1.29, 1.82) is 0 Å². The maximum absolute atomic E-state index is 12.1. The largest absolute Gasteiger partial charge is 0.480 e. The smallest absolute Gasteiger partial charge is 0.326 e. The van der Waals surface area contributed by atoms with E-state index in [1.165, 1.54) is 6.07 Å². The molecule has 19 heavy (non-hydrogen) atoms. The van der Waals surface area contributed by atoms with Gasteiger partial charge >= 0.3 is 5.97 Å². The van der Waals surface area contributed by atoms with E-state index in [9.17, 15) is 9.59 Å². The number of hydrogen-bond acceptors (Lipinski definition) is 2. The predicted molar refractivity (Wildman–Crippen MR) is 77.5 cm³/mol. The molecule has 104 valence electrons. The molecule has 1 amide bonds. The van der Waals surface area contributed by atoms with Gasteiger partial charge in [-0.15, -0.1) is 0 Å². The lowest BCUT2D eigenvalue weighted by Crippen LogP contribution is -2.49. The van der Waals surface area contributed by atoms with Crippen LogP contribution >= 0.6 is 27.5 Å². The minimum atomic E-state index is -1.07. The second-order valence-electron chi connectivity index (χ2n) is 5.27. The summed E-state index contributed by atoms with van der Waals surface area (Å²) in [5, 5.41) is 12.1. The van der Waals surface area contributed by atoms with Crippen LogP contribution in [0.3, 0.4) is 0 Å². The fraction of sp³-hybridized carbons (Fsp3) is 0.385. The van der Waals surface area contributed by atoms with E-state index in [4.69, 9.17) is 16.7 Å². The van der Waals surface area contributed by atoms with Crippen LogP contribution in [0.4, 0.5) is 0 Å². The van der Waals surface area contributed by atoms with E-state index >= 15 is 0 Å². The number of carboxylic acids is 1. The fourth-order valence-corrected chi connectivity index (χ4v) is 2.41. The van der Waals surface area contributed by atoms with Crippen LogP contribution in [0, 0.1) is 5.41 Å². The van der Waals surface area contributed by atoms with Crippen molar-refractivity contribution in [3.63, 3.8) is 0 Å². The van der Waals surface area contributed by atoms with Gasteiger partial charge in [0.15, 0.2) is 0 Å². The van der Waals surface area contributed by atoms with Gasteiger partial charge in [-0.1, -0.05) is 48.3 Å². The number of rotatable bonds is 3. The number of aliphatic carboxylic acids is 1. The SMILES string of the molecule is CC(C)(C)[C@H](NC(=O)c1cc(Cl)cc(Br)c1)C(=O)O. The molecule has 0 aliphatic heterocycles. The molecule has 1 atom stereocenters. The van der Waals surface area contributed by atoms with Gasteiger partial charge < -0.3 is 10.4 Å². The molecule has 2 N–H and O–H groups in total. The molecule has 1 aromatic carbocycles. The maximum Gasteiger partial charge on any atom is 0.326 e. The average molecular weight is 349 g/mol. The van der Waals surface area contributed by atoms with Crippen LogP contribution in [0.15, 0.2) is 22.7 Å². The minimum absolute atomic E-state index is 0.315. The van der Waals surface area contributed by atoms with E-state index in [0.29, 0.717) is 15.1 Å². The first kappa shape index (κ1) is 16.0. The van der Waals surface area contributed by atoms with E-state index in [-0.39, 0.29) is 0 Å². The molecular weight excluding hydrogens is 334 g/mol. The Morgan fingerprint density at radius 1 is 1.32 bits per heavy atom. The predicted octanol–water partition coefficient (Wildman–Crippen LogP) is 3.33. The first-order valence-electron chi connectivity index (χ1n) is 5.61. The lowest BCUT2D eigenvalue weighted by molar-refractivity contribution is -0.142. The van der Waals surface area contributed by atoms with Crippen molar-refractivity contribution in [1.82, 2.24) is 5.32 Å². The number of benzene rings is 1. The summed E-state index contributed by atoms with van der Waals surface area (Å²) in [5.74, 6) is -1.53. The Labute approximate surface area is 125 Å². The second-order valence-corrected chi connectivity index (χ2v) is 6.62. The molecule has 0 saturated carbocycles. The molecule has 4 nitrogen and oxygen atoms in total. The molecule has 1 aromatic rings. The Morgan fingerprint density at radius 2 is 1.89 bits per heavy atom. The van der Waals surface area contributed by atoms with Crippen molar-refractivity contribution in [3.05, 3.63) is 33.3 Å². The van der Waals surface area contributed by atoms with Crippen molar-refractivity contribution in [3.8, 4) is 0 Å². The summed E-state index contributed by atoms with van der Waals surface area (Å²) in [4.78, 5) is 23.3. The summed E-state index contributed by atoms with van der Waals surface area (Å²) < 4.78 is 0.660. The van der Waals surface area contributed by atoms with Crippen LogP contribution in [0.2, 0.25) is 5.02 Å². The molecule has 0 bridgehead atoms. The summed E-state index contributed by atoms with van der Waals surface area (Å²) in [6, 6.07) is 3.75. The van der Waals surface area contributed by atoms with Crippen LogP contribution in [0.25, 0.3) is 0 Å². The van der Waals surface area contributed by atoms with Gasteiger partial charge in [-0.25, -0.2) is 4.79 Å². The molecule has 0 aliphatic rings. The van der Waals surface area contributed by atoms with Crippen molar-refractivity contribution >= 4 is 39.4 Å². The number of carbonyl (C=O) groups excluding carboxylic acids is 1. The van der Waals surface area contributed by atoms with Gasteiger partial charge in [0.1, 0.15) is 6.04 Å². The van der Waals surface area contributed by atoms with Crippen molar-refractivity contribution in [2.45, 2.75) is 26.8 Å². The van der Waals surface area contributed by atoms with E-state index in [2.05, 4.69) is 21.2 Å². The zero-order valence-corrected chi connectivity index (χ0v) is 13.2. The third kappa shape index (κ3) is 4.51. The quantitative estimate of drug-likeness (QED) is 0.880. The van der Waals surface area contributed by atoms with Crippen molar-refractivity contribution in [2.24, 2.45) is 5.41 Å². The zero-order valence-electron chi connectivity index (χ0n) is 10.8. The van der Waals surface area contributed by atoms with E-state index in [1.54, 1.807) is 32.9 Å². The number of halogens is 2. The third-order valence-corrected chi connectivity index (χ3v) is 3.19. The third-order valence-electron chi connectivity index (χ3n) is 2.51. The Balaban J connectivity index is 2.97. The molecule has 0 radical (unpaired) electrons. The highest BCUT2D eigenvalue weighted by Gasteiger charge is 2.32. The summed E-state index contributed by atoms with van der Waals surface area (Å²) in [6.45, 7) is 5.25. The number of carboxylic acid groups (broad SMARTS) is 1. The molecule has 0 heterocycles. The van der Waals surface area contributed by atoms with E-state index in [0.717, 1.165) is 0 Å². The Bertz CT molecular complexity index is 491. The summed E-state index contributed by atoms with van der Waals surface area (Å²) in [6.07, 6.45) is 0. The molecule has 0 aliphatic carbocycles. The van der Waals surface area contributed by atoms with Crippen LogP contribution in [0.1, 0.15) is 31.1 Å². The summed E-state index contributed by atoms with van der Waals surface area (Å²) in [5.41, 5.74) is -0.271. The van der Waals surface area contributed by atoms with E-state index in [1.807, 2.05) is 0 Å². The van der Waals surface area contributed by atoms with Gasteiger partial charge in [-0.05, 0) is 23.6 Å². The highest BCUT2D eigenvalue weighted by Crippen LogP contribution is 2.22. The van der Waals surface area contributed by atoms with Gasteiger partial charge in [-0.3, -0.25) is 4.79 Å². The lowest BCUT2D eigenvalue weighted by Gasteiger charge is -2.27. The molecule has 0 saturated heterocycles. The highest BCUT2D eigenvalue weighted by molar-refractivity contribution is 9.10. The minimum Gasteiger partial charge on any atom is -0.480 e. The first-order chi connectivity index (χ1) is 8.61. The topological polar surface area (TPSA) is 66.4 Å².